The van der Waals surface area contributed by atoms with E-state index in [-0.39, 0.29) is 12.5 Å². The third kappa shape index (κ3) is 11.4. The predicted octanol–water partition coefficient (Wildman–Crippen LogP) is 0.155. The zero-order chi connectivity index (χ0) is 12.1. The molecule has 0 unspecified atom stereocenters. The van der Waals surface area contributed by atoms with Gasteiger partial charge in [-0.25, -0.2) is 0 Å². The van der Waals surface area contributed by atoms with E-state index in [4.69, 9.17) is 9.47 Å². The molecule has 5 heteroatoms. The lowest BCUT2D eigenvalue weighted by Gasteiger charge is -2.06. The highest BCUT2D eigenvalue weighted by Crippen LogP contribution is 1.84. The van der Waals surface area contributed by atoms with E-state index in [1.807, 2.05) is 14.0 Å². The van der Waals surface area contributed by atoms with Crippen molar-refractivity contribution in [3.8, 4) is 0 Å². The van der Waals surface area contributed by atoms with Gasteiger partial charge in [0.25, 0.3) is 0 Å². The summed E-state index contributed by atoms with van der Waals surface area (Å²) < 4.78 is 10.3. The number of carbonyl (C=O) groups is 1. The summed E-state index contributed by atoms with van der Waals surface area (Å²) in [6.45, 7) is 5.68. The van der Waals surface area contributed by atoms with Crippen LogP contribution in [0.3, 0.4) is 0 Å². The molecule has 0 rings (SSSR count). The maximum atomic E-state index is 11.1. The van der Waals surface area contributed by atoms with Crippen molar-refractivity contribution in [2.75, 3.05) is 46.6 Å². The molecule has 1 amide bonds. The molecule has 0 aromatic carbocycles. The SMILES string of the molecule is CCOCC(=O)NCCCOCCCNC. The van der Waals surface area contributed by atoms with Gasteiger partial charge in [0.05, 0.1) is 0 Å². The van der Waals surface area contributed by atoms with Crippen LogP contribution in [0.25, 0.3) is 0 Å². The summed E-state index contributed by atoms with van der Waals surface area (Å²) in [6, 6.07) is 0. The van der Waals surface area contributed by atoms with Gasteiger partial charge >= 0.3 is 0 Å². The third-order valence-corrected chi connectivity index (χ3v) is 1.94. The molecule has 0 aliphatic carbocycles. The normalized spacial score (nSPS) is 10.4. The summed E-state index contributed by atoms with van der Waals surface area (Å²) in [4.78, 5) is 11.1. The Morgan fingerprint density at radius 2 is 1.81 bits per heavy atom. The molecule has 0 saturated heterocycles. The standard InChI is InChI=1S/C11H24N2O3/c1-3-15-10-11(14)13-7-5-9-16-8-4-6-12-2/h12H,3-10H2,1-2H3,(H,13,14). The van der Waals surface area contributed by atoms with Gasteiger partial charge in [-0.05, 0) is 33.4 Å². The summed E-state index contributed by atoms with van der Waals surface area (Å²) in [5.41, 5.74) is 0. The Kier molecular flexibility index (Phi) is 11.9. The summed E-state index contributed by atoms with van der Waals surface area (Å²) in [5, 5.41) is 5.82. The number of hydrogen-bond donors (Lipinski definition) is 2. The van der Waals surface area contributed by atoms with E-state index in [1.165, 1.54) is 0 Å². The second kappa shape index (κ2) is 12.4. The average molecular weight is 232 g/mol. The molecule has 0 fully saturated rings. The van der Waals surface area contributed by atoms with Crippen molar-refractivity contribution in [1.29, 1.82) is 0 Å². The van der Waals surface area contributed by atoms with E-state index in [9.17, 15) is 4.79 Å². The molecule has 0 atom stereocenters. The van der Waals surface area contributed by atoms with Gasteiger partial charge < -0.3 is 20.1 Å². The average Bonchev–Trinajstić information content (AvgIpc) is 2.30. The number of rotatable bonds is 11. The highest BCUT2D eigenvalue weighted by molar-refractivity contribution is 5.77. The number of amides is 1. The molecule has 0 aromatic heterocycles. The van der Waals surface area contributed by atoms with Crippen LogP contribution < -0.4 is 10.6 Å². The van der Waals surface area contributed by atoms with Crippen molar-refractivity contribution in [2.45, 2.75) is 19.8 Å². The van der Waals surface area contributed by atoms with Crippen molar-refractivity contribution >= 4 is 5.91 Å². The summed E-state index contributed by atoms with van der Waals surface area (Å²) in [6.07, 6.45) is 1.87. The van der Waals surface area contributed by atoms with E-state index in [0.29, 0.717) is 19.8 Å². The zero-order valence-corrected chi connectivity index (χ0v) is 10.4. The van der Waals surface area contributed by atoms with Gasteiger partial charge in [0.2, 0.25) is 5.91 Å². The fourth-order valence-corrected chi connectivity index (χ4v) is 1.10. The first-order chi connectivity index (χ1) is 7.81. The van der Waals surface area contributed by atoms with Gasteiger partial charge in [0, 0.05) is 26.4 Å². The number of nitrogens with one attached hydrogen (secondary N) is 2. The summed E-state index contributed by atoms with van der Waals surface area (Å²) in [7, 11) is 1.92. The van der Waals surface area contributed by atoms with E-state index < -0.39 is 0 Å². The molecule has 5 nitrogen and oxygen atoms in total. The first-order valence-electron chi connectivity index (χ1n) is 5.88. The Morgan fingerprint density at radius 1 is 1.12 bits per heavy atom. The van der Waals surface area contributed by atoms with Crippen LogP contribution in [0.15, 0.2) is 0 Å². The smallest absolute Gasteiger partial charge is 0.245 e. The van der Waals surface area contributed by atoms with Gasteiger partial charge in [-0.15, -0.1) is 0 Å². The largest absolute Gasteiger partial charge is 0.381 e. The maximum Gasteiger partial charge on any atom is 0.245 e. The van der Waals surface area contributed by atoms with Gasteiger partial charge in [-0.1, -0.05) is 0 Å². The quantitative estimate of drug-likeness (QED) is 0.498. The van der Waals surface area contributed by atoms with E-state index in [0.717, 1.165) is 26.0 Å². The van der Waals surface area contributed by atoms with Crippen LogP contribution in [0.5, 0.6) is 0 Å². The second-order valence-corrected chi connectivity index (χ2v) is 3.41. The highest BCUT2D eigenvalue weighted by atomic mass is 16.5. The molecule has 0 bridgehead atoms. The topological polar surface area (TPSA) is 59.6 Å². The minimum absolute atomic E-state index is 0.0583. The first-order valence-corrected chi connectivity index (χ1v) is 5.88. The molecule has 0 aliphatic rings. The van der Waals surface area contributed by atoms with Gasteiger partial charge in [0.1, 0.15) is 6.61 Å². The minimum Gasteiger partial charge on any atom is -0.381 e. The molecule has 96 valence electrons. The van der Waals surface area contributed by atoms with Crippen LogP contribution >= 0.6 is 0 Å². The fraction of sp³-hybridized carbons (Fsp3) is 0.909. The highest BCUT2D eigenvalue weighted by Gasteiger charge is 1.98. The zero-order valence-electron chi connectivity index (χ0n) is 10.4. The van der Waals surface area contributed by atoms with Crippen LogP contribution in [0.4, 0.5) is 0 Å². The summed E-state index contributed by atoms with van der Waals surface area (Å²) >= 11 is 0. The van der Waals surface area contributed by atoms with E-state index in [1.54, 1.807) is 0 Å². The second-order valence-electron chi connectivity index (χ2n) is 3.41. The Morgan fingerprint density at radius 3 is 2.44 bits per heavy atom. The molecule has 0 radical (unpaired) electrons. The number of carbonyl (C=O) groups excluding carboxylic acids is 1. The number of hydrogen-bond acceptors (Lipinski definition) is 4. The molecule has 0 aliphatic heterocycles. The predicted molar refractivity (Wildman–Crippen MR) is 63.5 cm³/mol. The molecular weight excluding hydrogens is 208 g/mol. The van der Waals surface area contributed by atoms with Gasteiger partial charge in [-0.3, -0.25) is 4.79 Å². The Bertz CT molecular complexity index is 165. The molecular formula is C11H24N2O3. The molecule has 0 aromatic rings. The van der Waals surface area contributed by atoms with Crippen molar-refractivity contribution in [1.82, 2.24) is 10.6 Å². The minimum atomic E-state index is -0.0583. The van der Waals surface area contributed by atoms with Gasteiger partial charge in [0.15, 0.2) is 0 Å². The molecule has 2 N–H and O–H groups in total. The van der Waals surface area contributed by atoms with Crippen molar-refractivity contribution < 1.29 is 14.3 Å². The van der Waals surface area contributed by atoms with Crippen molar-refractivity contribution in [3.05, 3.63) is 0 Å². The molecule has 0 heterocycles. The third-order valence-electron chi connectivity index (χ3n) is 1.94. The molecule has 0 saturated carbocycles. The van der Waals surface area contributed by atoms with Crippen molar-refractivity contribution in [2.24, 2.45) is 0 Å². The van der Waals surface area contributed by atoms with Gasteiger partial charge in [-0.2, -0.15) is 0 Å². The lowest BCUT2D eigenvalue weighted by Crippen LogP contribution is -2.29. The first kappa shape index (κ1) is 15.3. The number of ether oxygens (including phenoxy) is 2. The van der Waals surface area contributed by atoms with Crippen LogP contribution in [0, 0.1) is 0 Å². The molecule has 0 spiro atoms. The van der Waals surface area contributed by atoms with Crippen LogP contribution in [0.1, 0.15) is 19.8 Å². The fourth-order valence-electron chi connectivity index (χ4n) is 1.10. The monoisotopic (exact) mass is 232 g/mol. The Hall–Kier alpha value is -0.650. The van der Waals surface area contributed by atoms with Crippen LogP contribution in [0.2, 0.25) is 0 Å². The van der Waals surface area contributed by atoms with Crippen LogP contribution in [-0.2, 0) is 14.3 Å². The van der Waals surface area contributed by atoms with E-state index >= 15 is 0 Å². The Labute approximate surface area is 97.9 Å². The Balaban J connectivity index is 3.05. The lowest BCUT2D eigenvalue weighted by molar-refractivity contribution is -0.125. The van der Waals surface area contributed by atoms with Crippen molar-refractivity contribution in [3.63, 3.8) is 0 Å². The maximum absolute atomic E-state index is 11.1. The van der Waals surface area contributed by atoms with Crippen LogP contribution in [-0.4, -0.2) is 52.5 Å². The lowest BCUT2D eigenvalue weighted by atomic mass is 10.4. The molecule has 16 heavy (non-hydrogen) atoms. The van der Waals surface area contributed by atoms with E-state index in [2.05, 4.69) is 10.6 Å². The summed E-state index contributed by atoms with van der Waals surface area (Å²) in [5.74, 6) is -0.0583.